The van der Waals surface area contributed by atoms with Gasteiger partial charge in [0.05, 0.1) is 5.60 Å². The van der Waals surface area contributed by atoms with Crippen LogP contribution in [0.5, 0.6) is 0 Å². The number of piperidine rings is 1. The summed E-state index contributed by atoms with van der Waals surface area (Å²) in [6.07, 6.45) is 5.47. The van der Waals surface area contributed by atoms with Gasteiger partial charge in [-0.05, 0) is 41.8 Å². The van der Waals surface area contributed by atoms with Crippen LogP contribution in [0, 0.1) is 11.8 Å². The Labute approximate surface area is 185 Å². The van der Waals surface area contributed by atoms with E-state index in [1.165, 1.54) is 30.4 Å². The van der Waals surface area contributed by atoms with Crippen LogP contribution in [0.15, 0.2) is 48.5 Å². The fourth-order valence-corrected chi connectivity index (χ4v) is 5.13. The lowest BCUT2D eigenvalue weighted by Gasteiger charge is -2.52. The summed E-state index contributed by atoms with van der Waals surface area (Å²) in [6.45, 7) is 6.58. The van der Waals surface area contributed by atoms with Gasteiger partial charge in [-0.3, -0.25) is 0 Å². The van der Waals surface area contributed by atoms with Crippen molar-refractivity contribution in [1.29, 1.82) is 0 Å². The standard InChI is InChI=1S/C25H33Cl2NO/c1-4-5-6-7-16-25(29)17(2)23(19-8-12-21(26)13-9-19)28-24(18(25)3)20-10-14-22(27)15-11-20/h8-15,17-18,23-24,28-29H,4-7,16H2,1-3H3/t17-,18+,23-,24-,25?/m1/s1. The van der Waals surface area contributed by atoms with E-state index in [9.17, 15) is 5.11 Å². The molecule has 1 aliphatic rings. The van der Waals surface area contributed by atoms with E-state index in [1.807, 2.05) is 24.3 Å². The first-order chi connectivity index (χ1) is 13.9. The van der Waals surface area contributed by atoms with E-state index >= 15 is 0 Å². The molecule has 2 N–H and O–H groups in total. The van der Waals surface area contributed by atoms with Gasteiger partial charge in [0.25, 0.3) is 0 Å². The lowest BCUT2D eigenvalue weighted by Crippen LogP contribution is -2.57. The van der Waals surface area contributed by atoms with Crippen LogP contribution < -0.4 is 5.32 Å². The third kappa shape index (κ3) is 4.99. The quantitative estimate of drug-likeness (QED) is 0.447. The zero-order chi connectivity index (χ0) is 21.0. The molecule has 0 bridgehead atoms. The minimum absolute atomic E-state index is 0.0559. The molecule has 5 atom stereocenters. The highest BCUT2D eigenvalue weighted by molar-refractivity contribution is 6.30. The molecule has 29 heavy (non-hydrogen) atoms. The van der Waals surface area contributed by atoms with Gasteiger partial charge < -0.3 is 10.4 Å². The van der Waals surface area contributed by atoms with Gasteiger partial charge in [-0.1, -0.05) is 93.9 Å². The molecule has 0 spiro atoms. The Morgan fingerprint density at radius 3 is 1.66 bits per heavy atom. The number of halogens is 2. The van der Waals surface area contributed by atoms with Crippen molar-refractivity contribution in [3.05, 3.63) is 69.7 Å². The molecule has 1 fully saturated rings. The zero-order valence-corrected chi connectivity index (χ0v) is 19.2. The highest BCUT2D eigenvalue weighted by atomic mass is 35.5. The zero-order valence-electron chi connectivity index (χ0n) is 17.7. The van der Waals surface area contributed by atoms with E-state index in [0.29, 0.717) is 0 Å². The van der Waals surface area contributed by atoms with Crippen LogP contribution in [-0.2, 0) is 0 Å². The van der Waals surface area contributed by atoms with Gasteiger partial charge in [-0.15, -0.1) is 0 Å². The SMILES string of the molecule is CCCCCCC1(O)[C@H](C)[C@H](c2ccc(Cl)cc2)N[C@@H](c2ccc(Cl)cc2)[C@@H]1C. The van der Waals surface area contributed by atoms with Crippen molar-refractivity contribution in [2.24, 2.45) is 11.8 Å². The molecule has 0 aliphatic carbocycles. The molecule has 1 aliphatic heterocycles. The van der Waals surface area contributed by atoms with Gasteiger partial charge in [0.15, 0.2) is 0 Å². The molecule has 1 saturated heterocycles. The number of aliphatic hydroxyl groups is 1. The number of unbranched alkanes of at least 4 members (excludes halogenated alkanes) is 3. The monoisotopic (exact) mass is 433 g/mol. The van der Waals surface area contributed by atoms with Crippen molar-refractivity contribution in [3.63, 3.8) is 0 Å². The second kappa shape index (κ2) is 9.83. The van der Waals surface area contributed by atoms with Crippen LogP contribution in [0.4, 0.5) is 0 Å². The van der Waals surface area contributed by atoms with Crippen LogP contribution in [0.3, 0.4) is 0 Å². The minimum atomic E-state index is -0.742. The molecular weight excluding hydrogens is 401 g/mol. The molecule has 0 radical (unpaired) electrons. The van der Waals surface area contributed by atoms with Gasteiger partial charge in [0.1, 0.15) is 0 Å². The average Bonchev–Trinajstić information content (AvgIpc) is 2.72. The lowest BCUT2D eigenvalue weighted by molar-refractivity contribution is -0.117. The average molecular weight is 434 g/mol. The molecule has 0 saturated carbocycles. The van der Waals surface area contributed by atoms with Crippen LogP contribution in [0.1, 0.15) is 76.1 Å². The lowest BCUT2D eigenvalue weighted by atomic mass is 9.64. The summed E-state index contributed by atoms with van der Waals surface area (Å²) in [5.74, 6) is 0.174. The highest BCUT2D eigenvalue weighted by Crippen LogP contribution is 2.49. The molecule has 1 unspecified atom stereocenters. The number of benzene rings is 2. The molecule has 3 rings (SSSR count). The fraction of sp³-hybridized carbons (Fsp3) is 0.520. The second-order valence-corrected chi connectivity index (χ2v) is 9.48. The summed E-state index contributed by atoms with van der Waals surface area (Å²) in [7, 11) is 0. The first kappa shape index (κ1) is 22.6. The van der Waals surface area contributed by atoms with Crippen molar-refractivity contribution in [2.75, 3.05) is 0 Å². The molecule has 0 amide bonds. The summed E-state index contributed by atoms with van der Waals surface area (Å²) in [6, 6.07) is 16.1. The van der Waals surface area contributed by atoms with E-state index < -0.39 is 5.60 Å². The van der Waals surface area contributed by atoms with E-state index in [1.54, 1.807) is 0 Å². The fourth-order valence-electron chi connectivity index (χ4n) is 4.87. The molecule has 2 aromatic rings. The maximum atomic E-state index is 12.0. The van der Waals surface area contributed by atoms with Gasteiger partial charge in [0, 0.05) is 34.0 Å². The first-order valence-corrected chi connectivity index (χ1v) is 11.6. The number of hydrogen-bond donors (Lipinski definition) is 2. The van der Waals surface area contributed by atoms with Gasteiger partial charge in [-0.25, -0.2) is 0 Å². The Morgan fingerprint density at radius 2 is 1.24 bits per heavy atom. The topological polar surface area (TPSA) is 32.3 Å². The molecule has 158 valence electrons. The molecule has 2 nitrogen and oxygen atoms in total. The van der Waals surface area contributed by atoms with Gasteiger partial charge in [-0.2, -0.15) is 0 Å². The summed E-state index contributed by atoms with van der Waals surface area (Å²) in [5, 5.41) is 17.3. The number of nitrogens with one attached hydrogen (secondary N) is 1. The Kier molecular flexibility index (Phi) is 7.67. The summed E-state index contributed by atoms with van der Waals surface area (Å²) >= 11 is 12.2. The molecule has 4 heteroatoms. The first-order valence-electron chi connectivity index (χ1n) is 10.9. The highest BCUT2D eigenvalue weighted by Gasteiger charge is 2.50. The van der Waals surface area contributed by atoms with Crippen molar-refractivity contribution in [1.82, 2.24) is 5.32 Å². The summed E-state index contributed by atoms with van der Waals surface area (Å²) in [5.41, 5.74) is 1.59. The van der Waals surface area contributed by atoms with Crippen LogP contribution in [0.2, 0.25) is 10.0 Å². The smallest absolute Gasteiger partial charge is 0.0734 e. The normalized spacial score (nSPS) is 29.7. The molecule has 0 aromatic heterocycles. The molecular formula is C25H33Cl2NO. The predicted octanol–water partition coefficient (Wildman–Crippen LogP) is 7.35. The third-order valence-electron chi connectivity index (χ3n) is 6.83. The molecule has 1 heterocycles. The van der Waals surface area contributed by atoms with Gasteiger partial charge >= 0.3 is 0 Å². The summed E-state index contributed by atoms with van der Waals surface area (Å²) in [4.78, 5) is 0. The van der Waals surface area contributed by atoms with Crippen molar-refractivity contribution in [3.8, 4) is 0 Å². The summed E-state index contributed by atoms with van der Waals surface area (Å²) < 4.78 is 0. The Hall–Kier alpha value is -1.06. The Balaban J connectivity index is 1.94. The predicted molar refractivity (Wildman–Crippen MR) is 124 cm³/mol. The minimum Gasteiger partial charge on any atom is -0.389 e. The van der Waals surface area contributed by atoms with Gasteiger partial charge in [0.2, 0.25) is 0 Å². The van der Waals surface area contributed by atoms with Crippen LogP contribution >= 0.6 is 23.2 Å². The van der Waals surface area contributed by atoms with E-state index in [4.69, 9.17) is 23.2 Å². The maximum absolute atomic E-state index is 12.0. The third-order valence-corrected chi connectivity index (χ3v) is 7.33. The van der Waals surface area contributed by atoms with E-state index in [0.717, 1.165) is 22.9 Å². The maximum Gasteiger partial charge on any atom is 0.0734 e. The Bertz CT molecular complexity index is 717. The van der Waals surface area contributed by atoms with Crippen LogP contribution in [0.25, 0.3) is 0 Å². The van der Waals surface area contributed by atoms with E-state index in [2.05, 4.69) is 50.4 Å². The molecule has 2 aromatic carbocycles. The number of hydrogen-bond acceptors (Lipinski definition) is 2. The largest absolute Gasteiger partial charge is 0.389 e. The number of rotatable bonds is 7. The van der Waals surface area contributed by atoms with Crippen molar-refractivity contribution in [2.45, 2.75) is 70.6 Å². The second-order valence-electron chi connectivity index (χ2n) is 8.60. The van der Waals surface area contributed by atoms with E-state index in [-0.39, 0.29) is 23.9 Å². The van der Waals surface area contributed by atoms with Crippen LogP contribution in [-0.4, -0.2) is 10.7 Å². The van der Waals surface area contributed by atoms with Crippen molar-refractivity contribution >= 4 is 23.2 Å². The Morgan fingerprint density at radius 1 is 0.793 bits per heavy atom. The van der Waals surface area contributed by atoms with Crippen molar-refractivity contribution < 1.29 is 5.11 Å².